The van der Waals surface area contributed by atoms with Gasteiger partial charge in [0.15, 0.2) is 0 Å². The number of amides is 3. The van der Waals surface area contributed by atoms with Crippen molar-refractivity contribution in [2.75, 3.05) is 13.1 Å². The van der Waals surface area contributed by atoms with Crippen molar-refractivity contribution in [2.24, 2.45) is 17.1 Å². The predicted octanol–water partition coefficient (Wildman–Crippen LogP) is 3.23. The van der Waals surface area contributed by atoms with Crippen LogP contribution in [0.1, 0.15) is 63.9 Å². The lowest BCUT2D eigenvalue weighted by Gasteiger charge is -2.45. The zero-order chi connectivity index (χ0) is 21.9. The fourth-order valence-corrected chi connectivity index (χ4v) is 5.08. The molecule has 1 saturated carbocycles. The number of hydrogen-bond donors (Lipinski definition) is 2. The van der Waals surface area contributed by atoms with Gasteiger partial charge in [-0.15, -0.1) is 0 Å². The minimum atomic E-state index is -0.890. The van der Waals surface area contributed by atoms with E-state index in [-0.39, 0.29) is 29.6 Å². The molecule has 2 fully saturated rings. The van der Waals surface area contributed by atoms with Gasteiger partial charge in [0.05, 0.1) is 6.42 Å². The Hall–Kier alpha value is -2.08. The van der Waals surface area contributed by atoms with E-state index in [4.69, 9.17) is 17.3 Å². The number of benzene rings is 1. The maximum Gasteiger partial charge on any atom is 0.245 e. The van der Waals surface area contributed by atoms with E-state index in [0.29, 0.717) is 24.0 Å². The van der Waals surface area contributed by atoms with Crippen molar-refractivity contribution in [3.05, 3.63) is 34.9 Å². The molecule has 1 saturated heterocycles. The SMILES string of the molecule is CC1(C)CN(C(=O)[C@@H](CC(N)=O)NC(=O)C2CCCC2)CCC1c1ccc(Cl)cc1. The van der Waals surface area contributed by atoms with Gasteiger partial charge < -0.3 is 16.0 Å². The fourth-order valence-electron chi connectivity index (χ4n) is 4.96. The van der Waals surface area contributed by atoms with Crippen molar-refractivity contribution in [1.82, 2.24) is 10.2 Å². The van der Waals surface area contributed by atoms with Gasteiger partial charge in [-0.3, -0.25) is 14.4 Å². The number of carbonyl (C=O) groups excluding carboxylic acids is 3. The molecule has 3 amide bonds. The van der Waals surface area contributed by atoms with Gasteiger partial charge in [0.2, 0.25) is 17.7 Å². The van der Waals surface area contributed by atoms with Crippen molar-refractivity contribution in [3.63, 3.8) is 0 Å². The number of primary amides is 1. The van der Waals surface area contributed by atoms with Crippen molar-refractivity contribution >= 4 is 29.3 Å². The van der Waals surface area contributed by atoms with Crippen LogP contribution < -0.4 is 11.1 Å². The van der Waals surface area contributed by atoms with Gasteiger partial charge in [0, 0.05) is 24.0 Å². The van der Waals surface area contributed by atoms with Crippen LogP contribution in [0.25, 0.3) is 0 Å². The van der Waals surface area contributed by atoms with Crippen molar-refractivity contribution in [1.29, 1.82) is 0 Å². The molecule has 2 aliphatic rings. The average molecular weight is 434 g/mol. The summed E-state index contributed by atoms with van der Waals surface area (Å²) in [5.41, 5.74) is 6.43. The molecule has 6 nitrogen and oxygen atoms in total. The zero-order valence-corrected chi connectivity index (χ0v) is 18.6. The van der Waals surface area contributed by atoms with E-state index in [9.17, 15) is 14.4 Å². The van der Waals surface area contributed by atoms with Crippen LogP contribution in [0.5, 0.6) is 0 Å². The fraction of sp³-hybridized carbons (Fsp3) is 0.609. The number of likely N-dealkylation sites (tertiary alicyclic amines) is 1. The normalized spacial score (nSPS) is 22.5. The van der Waals surface area contributed by atoms with Crippen LogP contribution in [0.4, 0.5) is 0 Å². The maximum absolute atomic E-state index is 13.2. The molecule has 3 rings (SSSR count). The molecular weight excluding hydrogens is 402 g/mol. The van der Waals surface area contributed by atoms with E-state index in [1.165, 1.54) is 5.56 Å². The van der Waals surface area contributed by atoms with E-state index >= 15 is 0 Å². The van der Waals surface area contributed by atoms with Crippen molar-refractivity contribution in [2.45, 2.75) is 64.3 Å². The molecule has 1 heterocycles. The summed E-state index contributed by atoms with van der Waals surface area (Å²) in [5, 5.41) is 3.52. The summed E-state index contributed by atoms with van der Waals surface area (Å²) >= 11 is 6.03. The highest BCUT2D eigenvalue weighted by Crippen LogP contribution is 2.42. The first-order chi connectivity index (χ1) is 14.2. The summed E-state index contributed by atoms with van der Waals surface area (Å²) in [5.74, 6) is -0.720. The number of nitrogens with zero attached hydrogens (tertiary/aromatic N) is 1. The highest BCUT2D eigenvalue weighted by Gasteiger charge is 2.40. The van der Waals surface area contributed by atoms with E-state index in [1.54, 1.807) is 4.90 Å². The number of halogens is 1. The first kappa shape index (κ1) is 22.6. The minimum absolute atomic E-state index is 0.0692. The van der Waals surface area contributed by atoms with Crippen LogP contribution in [0.15, 0.2) is 24.3 Å². The Bertz CT molecular complexity index is 787. The lowest BCUT2D eigenvalue weighted by Crippen LogP contribution is -2.55. The second kappa shape index (κ2) is 9.38. The van der Waals surface area contributed by atoms with Crippen LogP contribution in [-0.2, 0) is 14.4 Å². The molecule has 0 spiro atoms. The topological polar surface area (TPSA) is 92.5 Å². The van der Waals surface area contributed by atoms with Crippen LogP contribution in [0.2, 0.25) is 5.02 Å². The number of nitrogens with one attached hydrogen (secondary N) is 1. The van der Waals surface area contributed by atoms with Crippen LogP contribution in [0.3, 0.4) is 0 Å². The van der Waals surface area contributed by atoms with Gasteiger partial charge in [0.25, 0.3) is 0 Å². The Morgan fingerprint density at radius 3 is 2.37 bits per heavy atom. The molecule has 3 N–H and O–H groups in total. The molecule has 1 unspecified atom stereocenters. The third kappa shape index (κ3) is 5.34. The summed E-state index contributed by atoms with van der Waals surface area (Å²) < 4.78 is 0. The second-order valence-corrected chi connectivity index (χ2v) is 9.79. The van der Waals surface area contributed by atoms with Gasteiger partial charge in [-0.2, -0.15) is 0 Å². The lowest BCUT2D eigenvalue weighted by molar-refractivity contribution is -0.141. The summed E-state index contributed by atoms with van der Waals surface area (Å²) in [4.78, 5) is 39.2. The first-order valence-electron chi connectivity index (χ1n) is 10.8. The Balaban J connectivity index is 1.69. The number of nitrogens with two attached hydrogens (primary N) is 1. The minimum Gasteiger partial charge on any atom is -0.370 e. The van der Waals surface area contributed by atoms with E-state index in [2.05, 4.69) is 19.2 Å². The molecule has 1 aromatic carbocycles. The smallest absolute Gasteiger partial charge is 0.245 e. The summed E-state index contributed by atoms with van der Waals surface area (Å²) in [7, 11) is 0. The molecule has 1 aliphatic heterocycles. The quantitative estimate of drug-likeness (QED) is 0.721. The molecule has 164 valence electrons. The molecular formula is C23H32ClN3O3. The molecule has 1 aromatic rings. The van der Waals surface area contributed by atoms with Crippen molar-refractivity contribution in [3.8, 4) is 0 Å². The molecule has 7 heteroatoms. The first-order valence-corrected chi connectivity index (χ1v) is 11.2. The Morgan fingerprint density at radius 1 is 1.17 bits per heavy atom. The molecule has 0 radical (unpaired) electrons. The highest BCUT2D eigenvalue weighted by molar-refractivity contribution is 6.30. The highest BCUT2D eigenvalue weighted by atomic mass is 35.5. The van der Waals surface area contributed by atoms with E-state index < -0.39 is 11.9 Å². The summed E-state index contributed by atoms with van der Waals surface area (Å²) in [6.07, 6.45) is 4.36. The van der Waals surface area contributed by atoms with Crippen molar-refractivity contribution < 1.29 is 14.4 Å². The molecule has 0 bridgehead atoms. The number of piperidine rings is 1. The van der Waals surface area contributed by atoms with Gasteiger partial charge in [0.1, 0.15) is 6.04 Å². The third-order valence-electron chi connectivity index (χ3n) is 6.56. The second-order valence-electron chi connectivity index (χ2n) is 9.35. The van der Waals surface area contributed by atoms with E-state index in [1.807, 2.05) is 24.3 Å². The number of hydrogen-bond acceptors (Lipinski definition) is 3. The Kier molecular flexibility index (Phi) is 7.06. The Labute approximate surface area is 183 Å². The third-order valence-corrected chi connectivity index (χ3v) is 6.81. The summed E-state index contributed by atoms with van der Waals surface area (Å²) in [6.45, 7) is 5.41. The van der Waals surface area contributed by atoms with Gasteiger partial charge in [-0.25, -0.2) is 0 Å². The number of rotatable bonds is 6. The standard InChI is InChI=1S/C23H32ClN3O3/c1-23(2)14-27(12-11-18(23)15-7-9-17(24)10-8-15)22(30)19(13-20(25)28)26-21(29)16-5-3-4-6-16/h7-10,16,18-19H,3-6,11-14H2,1-2H3,(H2,25,28)(H,26,29)/t18?,19-/m1/s1. The molecule has 30 heavy (non-hydrogen) atoms. The lowest BCUT2D eigenvalue weighted by atomic mass is 9.70. The van der Waals surface area contributed by atoms with Crippen LogP contribution in [0, 0.1) is 11.3 Å². The summed E-state index contributed by atoms with van der Waals surface area (Å²) in [6, 6.07) is 6.99. The largest absolute Gasteiger partial charge is 0.370 e. The van der Waals surface area contributed by atoms with Crippen LogP contribution in [-0.4, -0.2) is 41.8 Å². The maximum atomic E-state index is 13.2. The van der Waals surface area contributed by atoms with E-state index in [0.717, 1.165) is 32.1 Å². The van der Waals surface area contributed by atoms with Crippen LogP contribution >= 0.6 is 11.6 Å². The monoisotopic (exact) mass is 433 g/mol. The van der Waals surface area contributed by atoms with Gasteiger partial charge >= 0.3 is 0 Å². The van der Waals surface area contributed by atoms with Gasteiger partial charge in [-0.05, 0) is 48.3 Å². The zero-order valence-electron chi connectivity index (χ0n) is 17.8. The Morgan fingerprint density at radius 2 is 1.80 bits per heavy atom. The number of carbonyl (C=O) groups is 3. The molecule has 1 aliphatic carbocycles. The molecule has 0 aromatic heterocycles. The van der Waals surface area contributed by atoms with Gasteiger partial charge in [-0.1, -0.05) is 50.4 Å². The average Bonchev–Trinajstić information content (AvgIpc) is 3.21. The molecule has 2 atom stereocenters. The predicted molar refractivity (Wildman–Crippen MR) is 117 cm³/mol.